The summed E-state index contributed by atoms with van der Waals surface area (Å²) in [7, 11) is -1.18. The number of benzene rings is 1. The molecule has 1 aromatic carbocycles. The Morgan fingerprint density at radius 2 is 2.20 bits per heavy atom. The van der Waals surface area contributed by atoms with Crippen LogP contribution >= 0.6 is 0 Å². The first kappa shape index (κ1) is 15.3. The van der Waals surface area contributed by atoms with Crippen LogP contribution in [0, 0.1) is 6.92 Å². The van der Waals surface area contributed by atoms with E-state index in [0.717, 1.165) is 17.7 Å². The predicted octanol–water partition coefficient (Wildman–Crippen LogP) is 2.23. The standard InChI is InChI=1S/C15H23NO3S/c1-4-14(16-12-7-8-20(17,18)10-12)13-9-11(2)5-6-15(13)19-3/h5-6,9,12,14,16H,4,7-8,10H2,1-3H3/t12-,14+/m1/s1. The molecule has 0 unspecified atom stereocenters. The third-order valence-electron chi connectivity index (χ3n) is 3.84. The first-order valence-corrected chi connectivity index (χ1v) is 8.88. The summed E-state index contributed by atoms with van der Waals surface area (Å²) in [6, 6.07) is 6.29. The van der Waals surface area contributed by atoms with Crippen molar-refractivity contribution in [1.82, 2.24) is 5.32 Å². The van der Waals surface area contributed by atoms with Crippen LogP contribution in [0.4, 0.5) is 0 Å². The van der Waals surface area contributed by atoms with E-state index in [2.05, 4.69) is 25.2 Å². The molecule has 1 aliphatic rings. The molecule has 1 heterocycles. The van der Waals surface area contributed by atoms with Crippen molar-refractivity contribution < 1.29 is 13.2 Å². The van der Waals surface area contributed by atoms with Gasteiger partial charge in [0, 0.05) is 17.6 Å². The second-order valence-corrected chi connectivity index (χ2v) is 7.70. The van der Waals surface area contributed by atoms with Gasteiger partial charge in [0.1, 0.15) is 5.75 Å². The molecule has 1 saturated heterocycles. The SMILES string of the molecule is CC[C@H](N[C@@H]1CCS(=O)(=O)C1)c1cc(C)ccc1OC. The fourth-order valence-corrected chi connectivity index (χ4v) is 4.45. The largest absolute Gasteiger partial charge is 0.496 e. The fraction of sp³-hybridized carbons (Fsp3) is 0.600. The van der Waals surface area contributed by atoms with E-state index in [1.165, 1.54) is 5.56 Å². The molecule has 4 nitrogen and oxygen atoms in total. The van der Waals surface area contributed by atoms with Crippen molar-refractivity contribution in [1.29, 1.82) is 0 Å². The number of methoxy groups -OCH3 is 1. The molecule has 0 radical (unpaired) electrons. The van der Waals surface area contributed by atoms with Crippen LogP contribution in [0.5, 0.6) is 5.75 Å². The summed E-state index contributed by atoms with van der Waals surface area (Å²) < 4.78 is 28.5. The van der Waals surface area contributed by atoms with Gasteiger partial charge in [0.25, 0.3) is 0 Å². The summed E-state index contributed by atoms with van der Waals surface area (Å²) in [5.74, 6) is 1.40. The smallest absolute Gasteiger partial charge is 0.151 e. The molecule has 112 valence electrons. The van der Waals surface area contributed by atoms with Crippen molar-refractivity contribution in [2.45, 2.75) is 38.8 Å². The van der Waals surface area contributed by atoms with Crippen LogP contribution in [-0.2, 0) is 9.84 Å². The van der Waals surface area contributed by atoms with Gasteiger partial charge in [0.05, 0.1) is 18.6 Å². The zero-order valence-corrected chi connectivity index (χ0v) is 13.2. The zero-order chi connectivity index (χ0) is 14.8. The van der Waals surface area contributed by atoms with Gasteiger partial charge in [0.15, 0.2) is 9.84 Å². The maximum atomic E-state index is 11.6. The van der Waals surface area contributed by atoms with Gasteiger partial charge in [-0.05, 0) is 25.8 Å². The highest BCUT2D eigenvalue weighted by atomic mass is 32.2. The van der Waals surface area contributed by atoms with Crippen LogP contribution in [0.2, 0.25) is 0 Å². The minimum Gasteiger partial charge on any atom is -0.496 e. The number of nitrogens with one attached hydrogen (secondary N) is 1. The van der Waals surface area contributed by atoms with E-state index in [9.17, 15) is 8.42 Å². The van der Waals surface area contributed by atoms with Crippen molar-refractivity contribution in [3.63, 3.8) is 0 Å². The van der Waals surface area contributed by atoms with Gasteiger partial charge >= 0.3 is 0 Å². The Labute approximate surface area is 121 Å². The van der Waals surface area contributed by atoms with E-state index in [1.54, 1.807) is 7.11 Å². The maximum Gasteiger partial charge on any atom is 0.151 e. The maximum absolute atomic E-state index is 11.6. The molecule has 1 aliphatic heterocycles. The van der Waals surface area contributed by atoms with Gasteiger partial charge < -0.3 is 10.1 Å². The number of hydrogen-bond acceptors (Lipinski definition) is 4. The van der Waals surface area contributed by atoms with E-state index >= 15 is 0 Å². The molecule has 20 heavy (non-hydrogen) atoms. The van der Waals surface area contributed by atoms with Gasteiger partial charge in [-0.25, -0.2) is 8.42 Å². The van der Waals surface area contributed by atoms with Gasteiger partial charge in [-0.15, -0.1) is 0 Å². The lowest BCUT2D eigenvalue weighted by Gasteiger charge is -2.23. The lowest BCUT2D eigenvalue weighted by Crippen LogP contribution is -2.33. The van der Waals surface area contributed by atoms with Gasteiger partial charge in [-0.3, -0.25) is 0 Å². The Hall–Kier alpha value is -1.07. The average molecular weight is 297 g/mol. The third kappa shape index (κ3) is 3.52. The minimum atomic E-state index is -2.85. The fourth-order valence-electron chi connectivity index (χ4n) is 2.76. The minimum absolute atomic E-state index is 0.0511. The molecule has 2 atom stereocenters. The van der Waals surface area contributed by atoms with Crippen molar-refractivity contribution in [2.24, 2.45) is 0 Å². The van der Waals surface area contributed by atoms with Crippen molar-refractivity contribution in [3.05, 3.63) is 29.3 Å². The molecule has 0 bridgehead atoms. The molecule has 2 rings (SSSR count). The molecule has 0 spiro atoms. The van der Waals surface area contributed by atoms with E-state index < -0.39 is 9.84 Å². The normalized spacial score (nSPS) is 22.6. The lowest BCUT2D eigenvalue weighted by atomic mass is 10.00. The quantitative estimate of drug-likeness (QED) is 0.905. The third-order valence-corrected chi connectivity index (χ3v) is 5.61. The molecular formula is C15H23NO3S. The van der Waals surface area contributed by atoms with Crippen LogP contribution in [0.15, 0.2) is 18.2 Å². The number of aryl methyl sites for hydroxylation is 1. The van der Waals surface area contributed by atoms with Crippen molar-refractivity contribution in [2.75, 3.05) is 18.6 Å². The summed E-state index contributed by atoms with van der Waals surface area (Å²) in [6.45, 7) is 4.15. The molecule has 5 heteroatoms. The highest BCUT2D eigenvalue weighted by molar-refractivity contribution is 7.91. The highest BCUT2D eigenvalue weighted by Gasteiger charge is 2.29. The highest BCUT2D eigenvalue weighted by Crippen LogP contribution is 2.29. The lowest BCUT2D eigenvalue weighted by molar-refractivity contribution is 0.387. The molecule has 0 aromatic heterocycles. The van der Waals surface area contributed by atoms with E-state index in [-0.39, 0.29) is 17.8 Å². The Balaban J connectivity index is 2.18. The first-order valence-electron chi connectivity index (χ1n) is 7.06. The Morgan fingerprint density at radius 3 is 2.75 bits per heavy atom. The molecule has 1 N–H and O–H groups in total. The van der Waals surface area contributed by atoms with E-state index in [4.69, 9.17) is 4.74 Å². The van der Waals surface area contributed by atoms with Crippen LogP contribution in [-0.4, -0.2) is 33.1 Å². The summed E-state index contributed by atoms with van der Waals surface area (Å²) in [5, 5.41) is 3.48. The Kier molecular flexibility index (Phi) is 4.70. The first-order chi connectivity index (χ1) is 9.45. The molecule has 1 aromatic rings. The van der Waals surface area contributed by atoms with Crippen molar-refractivity contribution >= 4 is 9.84 Å². The number of rotatable bonds is 5. The summed E-state index contributed by atoms with van der Waals surface area (Å²) >= 11 is 0. The molecule has 0 aliphatic carbocycles. The topological polar surface area (TPSA) is 55.4 Å². The summed E-state index contributed by atoms with van der Waals surface area (Å²) in [5.41, 5.74) is 2.29. The number of sulfone groups is 1. The second kappa shape index (κ2) is 6.14. The van der Waals surface area contributed by atoms with Crippen LogP contribution in [0.1, 0.15) is 36.9 Å². The van der Waals surface area contributed by atoms with E-state index in [1.807, 2.05) is 12.1 Å². The van der Waals surface area contributed by atoms with Crippen molar-refractivity contribution in [3.8, 4) is 5.75 Å². The average Bonchev–Trinajstić information content (AvgIpc) is 2.75. The number of hydrogen-bond donors (Lipinski definition) is 1. The van der Waals surface area contributed by atoms with Gasteiger partial charge in [-0.2, -0.15) is 0 Å². The molecule has 0 saturated carbocycles. The van der Waals surface area contributed by atoms with Gasteiger partial charge in [-0.1, -0.05) is 24.6 Å². The Bertz CT molecular complexity index is 568. The van der Waals surface area contributed by atoms with E-state index in [0.29, 0.717) is 12.2 Å². The summed E-state index contributed by atoms with van der Waals surface area (Å²) in [6.07, 6.45) is 1.60. The van der Waals surface area contributed by atoms with Crippen LogP contribution in [0.3, 0.4) is 0 Å². The summed E-state index contributed by atoms with van der Waals surface area (Å²) in [4.78, 5) is 0. The molecule has 0 amide bonds. The predicted molar refractivity (Wildman–Crippen MR) is 81.0 cm³/mol. The second-order valence-electron chi connectivity index (χ2n) is 5.47. The monoisotopic (exact) mass is 297 g/mol. The number of ether oxygens (including phenoxy) is 1. The van der Waals surface area contributed by atoms with Crippen LogP contribution in [0.25, 0.3) is 0 Å². The van der Waals surface area contributed by atoms with Gasteiger partial charge in [0.2, 0.25) is 0 Å². The Morgan fingerprint density at radius 1 is 1.45 bits per heavy atom. The molecular weight excluding hydrogens is 274 g/mol. The molecule has 1 fully saturated rings. The van der Waals surface area contributed by atoms with Crippen LogP contribution < -0.4 is 10.1 Å². The zero-order valence-electron chi connectivity index (χ0n) is 12.3.